The fraction of sp³-hybridized carbons (Fsp3) is 0.400. The van der Waals surface area contributed by atoms with E-state index in [-0.39, 0.29) is 0 Å². The van der Waals surface area contributed by atoms with Gasteiger partial charge in [-0.2, -0.15) is 0 Å². The van der Waals surface area contributed by atoms with Gasteiger partial charge in [-0.05, 0) is 36.1 Å². The predicted molar refractivity (Wildman–Crippen MR) is 63.1 cm³/mol. The lowest BCUT2D eigenvalue weighted by molar-refractivity contribution is 0.663. The number of alkyl halides is 1. The van der Waals surface area contributed by atoms with Crippen LogP contribution in [0, 0.1) is 5.92 Å². The summed E-state index contributed by atoms with van der Waals surface area (Å²) >= 11 is 15.3. The molecule has 13 heavy (non-hydrogen) atoms. The molecule has 0 radical (unpaired) electrons. The third kappa shape index (κ3) is 3.49. The van der Waals surface area contributed by atoms with Gasteiger partial charge in [0, 0.05) is 15.4 Å². The van der Waals surface area contributed by atoms with Gasteiger partial charge in [-0.15, -0.1) is 0 Å². The lowest BCUT2D eigenvalue weighted by Crippen LogP contribution is -2.01. The van der Waals surface area contributed by atoms with Crippen LogP contribution in [-0.2, 0) is 6.42 Å². The highest BCUT2D eigenvalue weighted by Crippen LogP contribution is 2.23. The molecular formula is C10H11BrCl2. The second-order valence-electron chi connectivity index (χ2n) is 3.20. The summed E-state index contributed by atoms with van der Waals surface area (Å²) < 4.78 is 0. The SMILES string of the molecule is CC(CBr)Cc1cc(Cl)ccc1Cl. The highest BCUT2D eigenvalue weighted by molar-refractivity contribution is 9.09. The van der Waals surface area contributed by atoms with Crippen molar-refractivity contribution >= 4 is 39.1 Å². The first kappa shape index (κ1) is 11.4. The summed E-state index contributed by atoms with van der Waals surface area (Å²) in [6, 6.07) is 5.59. The Bertz CT molecular complexity index is 286. The Morgan fingerprint density at radius 3 is 2.69 bits per heavy atom. The van der Waals surface area contributed by atoms with Crippen LogP contribution in [0.1, 0.15) is 12.5 Å². The lowest BCUT2D eigenvalue weighted by Gasteiger charge is -2.09. The van der Waals surface area contributed by atoms with Gasteiger partial charge in [0.1, 0.15) is 0 Å². The molecule has 0 nitrogen and oxygen atoms in total. The summed E-state index contributed by atoms with van der Waals surface area (Å²) in [5.41, 5.74) is 1.13. The summed E-state index contributed by atoms with van der Waals surface area (Å²) in [6.45, 7) is 2.17. The van der Waals surface area contributed by atoms with Gasteiger partial charge in [0.2, 0.25) is 0 Å². The van der Waals surface area contributed by atoms with Crippen LogP contribution >= 0.6 is 39.1 Å². The Morgan fingerprint density at radius 2 is 2.08 bits per heavy atom. The highest BCUT2D eigenvalue weighted by Gasteiger charge is 2.06. The molecule has 0 bridgehead atoms. The van der Waals surface area contributed by atoms with Crippen LogP contribution in [0.3, 0.4) is 0 Å². The number of rotatable bonds is 3. The molecule has 0 heterocycles. The van der Waals surface area contributed by atoms with E-state index in [1.165, 1.54) is 0 Å². The Hall–Kier alpha value is 0.280. The van der Waals surface area contributed by atoms with Crippen molar-refractivity contribution in [2.24, 2.45) is 5.92 Å². The van der Waals surface area contributed by atoms with Gasteiger partial charge in [-0.1, -0.05) is 46.1 Å². The van der Waals surface area contributed by atoms with Gasteiger partial charge in [-0.3, -0.25) is 0 Å². The molecule has 1 unspecified atom stereocenters. The molecule has 0 aliphatic rings. The predicted octanol–water partition coefficient (Wildman–Crippen LogP) is 4.57. The second kappa shape index (κ2) is 5.23. The molecule has 0 spiro atoms. The molecule has 72 valence electrons. The molecule has 1 rings (SSSR count). The van der Waals surface area contributed by atoms with Crippen molar-refractivity contribution in [3.8, 4) is 0 Å². The van der Waals surface area contributed by atoms with Gasteiger partial charge in [0.05, 0.1) is 0 Å². The van der Waals surface area contributed by atoms with E-state index in [2.05, 4.69) is 22.9 Å². The summed E-state index contributed by atoms with van der Waals surface area (Å²) in [6.07, 6.45) is 0.963. The topological polar surface area (TPSA) is 0 Å². The van der Waals surface area contributed by atoms with E-state index in [9.17, 15) is 0 Å². The zero-order chi connectivity index (χ0) is 9.84. The molecule has 1 aromatic rings. The Balaban J connectivity index is 2.81. The van der Waals surface area contributed by atoms with E-state index in [0.29, 0.717) is 5.92 Å². The summed E-state index contributed by atoms with van der Waals surface area (Å²) in [5.74, 6) is 0.580. The van der Waals surface area contributed by atoms with Crippen LogP contribution < -0.4 is 0 Å². The van der Waals surface area contributed by atoms with Crippen molar-refractivity contribution in [1.29, 1.82) is 0 Å². The van der Waals surface area contributed by atoms with E-state index in [1.54, 1.807) is 0 Å². The van der Waals surface area contributed by atoms with Gasteiger partial charge in [0.15, 0.2) is 0 Å². The van der Waals surface area contributed by atoms with Crippen LogP contribution in [0.5, 0.6) is 0 Å². The molecule has 0 aromatic heterocycles. The highest BCUT2D eigenvalue weighted by atomic mass is 79.9. The van der Waals surface area contributed by atoms with Crippen molar-refractivity contribution < 1.29 is 0 Å². The van der Waals surface area contributed by atoms with Crippen LogP contribution in [-0.4, -0.2) is 5.33 Å². The van der Waals surface area contributed by atoms with Crippen LogP contribution in [0.25, 0.3) is 0 Å². The minimum absolute atomic E-state index is 0.580. The number of benzene rings is 1. The van der Waals surface area contributed by atoms with Crippen molar-refractivity contribution in [1.82, 2.24) is 0 Å². The fourth-order valence-electron chi connectivity index (χ4n) is 1.13. The van der Waals surface area contributed by atoms with Gasteiger partial charge in [0.25, 0.3) is 0 Å². The number of hydrogen-bond donors (Lipinski definition) is 0. The minimum atomic E-state index is 0.580. The van der Waals surface area contributed by atoms with Crippen molar-refractivity contribution in [2.45, 2.75) is 13.3 Å². The molecule has 0 amide bonds. The molecule has 0 fully saturated rings. The maximum atomic E-state index is 6.02. The fourth-order valence-corrected chi connectivity index (χ4v) is 1.75. The first-order valence-electron chi connectivity index (χ1n) is 4.13. The first-order valence-corrected chi connectivity index (χ1v) is 6.01. The zero-order valence-corrected chi connectivity index (χ0v) is 10.5. The zero-order valence-electron chi connectivity index (χ0n) is 7.36. The average Bonchev–Trinajstić information content (AvgIpc) is 2.11. The largest absolute Gasteiger partial charge is 0.0925 e. The van der Waals surface area contributed by atoms with Gasteiger partial charge in [-0.25, -0.2) is 0 Å². The average molecular weight is 282 g/mol. The third-order valence-electron chi connectivity index (χ3n) is 1.84. The lowest BCUT2D eigenvalue weighted by atomic mass is 10.0. The van der Waals surface area contributed by atoms with Crippen LogP contribution in [0.2, 0.25) is 10.0 Å². The molecule has 3 heteroatoms. The molecule has 0 saturated heterocycles. The summed E-state index contributed by atoms with van der Waals surface area (Å²) in [7, 11) is 0. The van der Waals surface area contributed by atoms with Gasteiger partial charge < -0.3 is 0 Å². The van der Waals surface area contributed by atoms with Crippen molar-refractivity contribution in [3.63, 3.8) is 0 Å². The monoisotopic (exact) mass is 280 g/mol. The summed E-state index contributed by atoms with van der Waals surface area (Å²) in [4.78, 5) is 0. The minimum Gasteiger partial charge on any atom is -0.0925 e. The number of hydrogen-bond acceptors (Lipinski definition) is 0. The Kier molecular flexibility index (Phi) is 4.57. The Labute approximate surface area is 97.4 Å². The summed E-state index contributed by atoms with van der Waals surface area (Å²) in [5, 5.41) is 2.54. The quantitative estimate of drug-likeness (QED) is 0.712. The molecule has 1 atom stereocenters. The second-order valence-corrected chi connectivity index (χ2v) is 4.69. The molecule has 0 N–H and O–H groups in total. The maximum Gasteiger partial charge on any atom is 0.0439 e. The van der Waals surface area contributed by atoms with Gasteiger partial charge >= 0.3 is 0 Å². The van der Waals surface area contributed by atoms with Crippen LogP contribution in [0.4, 0.5) is 0 Å². The van der Waals surface area contributed by atoms with E-state index >= 15 is 0 Å². The number of halogens is 3. The molecule has 0 saturated carbocycles. The van der Waals surface area contributed by atoms with E-state index in [4.69, 9.17) is 23.2 Å². The van der Waals surface area contributed by atoms with Crippen molar-refractivity contribution in [3.05, 3.63) is 33.8 Å². The van der Waals surface area contributed by atoms with Crippen LogP contribution in [0.15, 0.2) is 18.2 Å². The maximum absolute atomic E-state index is 6.02. The normalized spacial score (nSPS) is 12.9. The molecular weight excluding hydrogens is 271 g/mol. The molecule has 1 aromatic carbocycles. The Morgan fingerprint density at radius 1 is 1.38 bits per heavy atom. The van der Waals surface area contributed by atoms with E-state index in [0.717, 1.165) is 27.4 Å². The smallest absolute Gasteiger partial charge is 0.0439 e. The van der Waals surface area contributed by atoms with E-state index in [1.807, 2.05) is 18.2 Å². The molecule has 0 aliphatic carbocycles. The third-order valence-corrected chi connectivity index (χ3v) is 3.55. The van der Waals surface area contributed by atoms with E-state index < -0.39 is 0 Å². The first-order chi connectivity index (χ1) is 6.13. The van der Waals surface area contributed by atoms with Crippen molar-refractivity contribution in [2.75, 3.05) is 5.33 Å². The molecule has 0 aliphatic heterocycles. The standard InChI is InChI=1S/C10H11BrCl2/c1-7(6-11)4-8-5-9(12)2-3-10(8)13/h2-3,5,7H,4,6H2,1H3.